The first-order valence-electron chi connectivity index (χ1n) is 7.05. The van der Waals surface area contributed by atoms with Gasteiger partial charge in [-0.2, -0.15) is 0 Å². The summed E-state index contributed by atoms with van der Waals surface area (Å²) in [7, 11) is 0. The fraction of sp³-hybridized carbons (Fsp3) is 0.167. The quantitative estimate of drug-likeness (QED) is 0.721. The van der Waals surface area contributed by atoms with Crippen molar-refractivity contribution >= 4 is 10.9 Å². The van der Waals surface area contributed by atoms with E-state index in [1.807, 2.05) is 18.3 Å². The Morgan fingerprint density at radius 3 is 2.90 bits per heavy atom. The van der Waals surface area contributed by atoms with Crippen LogP contribution in [0.4, 0.5) is 0 Å². The molecule has 0 radical (unpaired) electrons. The SMILES string of the molecule is NC1CCc2c(-c3cnc4ccccc4c3)cccc21. The molecule has 0 saturated carbocycles. The maximum Gasteiger partial charge on any atom is 0.0702 e. The summed E-state index contributed by atoms with van der Waals surface area (Å²) < 4.78 is 0. The zero-order chi connectivity index (χ0) is 13.5. The lowest BCUT2D eigenvalue weighted by molar-refractivity contribution is 0.713. The molecular formula is C18H16N2. The molecule has 1 unspecified atom stereocenters. The number of hydrogen-bond donors (Lipinski definition) is 1. The zero-order valence-electron chi connectivity index (χ0n) is 11.2. The molecule has 0 amide bonds. The number of nitrogens with two attached hydrogens (primary N) is 1. The van der Waals surface area contributed by atoms with E-state index in [-0.39, 0.29) is 6.04 Å². The molecule has 1 atom stereocenters. The minimum atomic E-state index is 0.193. The molecule has 98 valence electrons. The van der Waals surface area contributed by atoms with E-state index >= 15 is 0 Å². The van der Waals surface area contributed by atoms with Crippen LogP contribution in [0.2, 0.25) is 0 Å². The predicted molar refractivity (Wildman–Crippen MR) is 82.4 cm³/mol. The molecule has 2 heteroatoms. The van der Waals surface area contributed by atoms with Gasteiger partial charge in [0.25, 0.3) is 0 Å². The number of fused-ring (bicyclic) bond motifs is 2. The van der Waals surface area contributed by atoms with E-state index in [0.29, 0.717) is 0 Å². The average molecular weight is 260 g/mol. The lowest BCUT2D eigenvalue weighted by Crippen LogP contribution is -2.04. The summed E-state index contributed by atoms with van der Waals surface area (Å²) in [6.45, 7) is 0. The van der Waals surface area contributed by atoms with Crippen molar-refractivity contribution in [2.75, 3.05) is 0 Å². The van der Waals surface area contributed by atoms with E-state index in [1.54, 1.807) is 0 Å². The smallest absolute Gasteiger partial charge is 0.0702 e. The highest BCUT2D eigenvalue weighted by molar-refractivity contribution is 5.84. The van der Waals surface area contributed by atoms with Gasteiger partial charge in [-0.05, 0) is 41.7 Å². The molecule has 1 aliphatic rings. The van der Waals surface area contributed by atoms with Gasteiger partial charge in [-0.1, -0.05) is 36.4 Å². The average Bonchev–Trinajstić information content (AvgIpc) is 2.88. The molecule has 0 aliphatic heterocycles. The van der Waals surface area contributed by atoms with Crippen LogP contribution in [0.3, 0.4) is 0 Å². The van der Waals surface area contributed by atoms with Gasteiger partial charge in [0.2, 0.25) is 0 Å². The van der Waals surface area contributed by atoms with E-state index in [2.05, 4.69) is 41.4 Å². The van der Waals surface area contributed by atoms with E-state index in [0.717, 1.165) is 18.4 Å². The Morgan fingerprint density at radius 1 is 1.05 bits per heavy atom. The van der Waals surface area contributed by atoms with Gasteiger partial charge in [-0.15, -0.1) is 0 Å². The number of benzene rings is 2. The number of hydrogen-bond acceptors (Lipinski definition) is 2. The Hall–Kier alpha value is -2.19. The van der Waals surface area contributed by atoms with Crippen LogP contribution in [0.25, 0.3) is 22.0 Å². The number of aromatic nitrogens is 1. The first kappa shape index (κ1) is 11.6. The van der Waals surface area contributed by atoms with Crippen LogP contribution in [0, 0.1) is 0 Å². The maximum atomic E-state index is 6.17. The Kier molecular flexibility index (Phi) is 2.57. The molecule has 2 nitrogen and oxygen atoms in total. The molecule has 1 aliphatic carbocycles. The van der Waals surface area contributed by atoms with Gasteiger partial charge in [-0.3, -0.25) is 4.98 Å². The Balaban J connectivity index is 1.92. The van der Waals surface area contributed by atoms with E-state index in [4.69, 9.17) is 5.73 Å². The lowest BCUT2D eigenvalue weighted by Gasteiger charge is -2.10. The van der Waals surface area contributed by atoms with Crippen molar-refractivity contribution in [1.82, 2.24) is 4.98 Å². The monoisotopic (exact) mass is 260 g/mol. The van der Waals surface area contributed by atoms with Gasteiger partial charge in [0.1, 0.15) is 0 Å². The molecule has 3 aromatic rings. The maximum absolute atomic E-state index is 6.17. The van der Waals surface area contributed by atoms with Crippen LogP contribution >= 0.6 is 0 Å². The molecule has 2 aromatic carbocycles. The molecule has 0 saturated heterocycles. The standard InChI is InChI=1S/C18H16N2/c19-17-9-8-15-14(5-3-6-16(15)17)13-10-12-4-1-2-7-18(12)20-11-13/h1-7,10-11,17H,8-9,19H2. The normalized spacial score (nSPS) is 17.4. The van der Waals surface area contributed by atoms with Crippen LogP contribution in [0.1, 0.15) is 23.6 Å². The highest BCUT2D eigenvalue weighted by Gasteiger charge is 2.21. The number of rotatable bonds is 1. The molecule has 1 heterocycles. The van der Waals surface area contributed by atoms with Crippen LogP contribution < -0.4 is 5.73 Å². The largest absolute Gasteiger partial charge is 0.324 e. The van der Waals surface area contributed by atoms with Gasteiger partial charge in [-0.25, -0.2) is 0 Å². The van der Waals surface area contributed by atoms with Crippen LogP contribution in [-0.2, 0) is 6.42 Å². The highest BCUT2D eigenvalue weighted by Crippen LogP contribution is 2.36. The van der Waals surface area contributed by atoms with Crippen LogP contribution in [-0.4, -0.2) is 4.98 Å². The minimum absolute atomic E-state index is 0.193. The fourth-order valence-corrected chi connectivity index (χ4v) is 3.18. The Morgan fingerprint density at radius 2 is 1.95 bits per heavy atom. The van der Waals surface area contributed by atoms with Crippen LogP contribution in [0.5, 0.6) is 0 Å². The van der Waals surface area contributed by atoms with Crippen molar-refractivity contribution in [2.45, 2.75) is 18.9 Å². The molecular weight excluding hydrogens is 244 g/mol. The second-order valence-corrected chi connectivity index (χ2v) is 5.44. The van der Waals surface area contributed by atoms with Gasteiger partial charge >= 0.3 is 0 Å². The molecule has 0 bridgehead atoms. The van der Waals surface area contributed by atoms with Crippen molar-refractivity contribution in [3.63, 3.8) is 0 Å². The van der Waals surface area contributed by atoms with Gasteiger partial charge < -0.3 is 5.73 Å². The molecule has 4 rings (SSSR count). The summed E-state index contributed by atoms with van der Waals surface area (Å²) in [6, 6.07) is 17.1. The second kappa shape index (κ2) is 4.43. The van der Waals surface area contributed by atoms with Crippen molar-refractivity contribution in [3.8, 4) is 11.1 Å². The first-order valence-corrected chi connectivity index (χ1v) is 7.05. The third-order valence-corrected chi connectivity index (χ3v) is 4.22. The molecule has 1 aromatic heterocycles. The minimum Gasteiger partial charge on any atom is -0.324 e. The summed E-state index contributed by atoms with van der Waals surface area (Å²) in [5.41, 5.74) is 12.4. The Bertz CT molecular complexity index is 792. The van der Waals surface area contributed by atoms with Gasteiger partial charge in [0.15, 0.2) is 0 Å². The summed E-state index contributed by atoms with van der Waals surface area (Å²) >= 11 is 0. The first-order chi connectivity index (χ1) is 9.83. The topological polar surface area (TPSA) is 38.9 Å². The molecule has 0 spiro atoms. The van der Waals surface area contributed by atoms with Crippen molar-refractivity contribution in [2.24, 2.45) is 5.73 Å². The Labute approximate surface area is 118 Å². The lowest BCUT2D eigenvalue weighted by atomic mass is 9.97. The molecule has 0 fully saturated rings. The van der Waals surface area contributed by atoms with E-state index in [1.165, 1.54) is 27.6 Å². The summed E-state index contributed by atoms with van der Waals surface area (Å²) in [6.07, 6.45) is 4.09. The van der Waals surface area contributed by atoms with Crippen molar-refractivity contribution < 1.29 is 0 Å². The number of para-hydroxylation sites is 1. The third-order valence-electron chi connectivity index (χ3n) is 4.22. The van der Waals surface area contributed by atoms with Crippen molar-refractivity contribution in [3.05, 3.63) is 65.9 Å². The second-order valence-electron chi connectivity index (χ2n) is 5.44. The number of nitrogens with zero attached hydrogens (tertiary/aromatic N) is 1. The van der Waals surface area contributed by atoms with E-state index in [9.17, 15) is 0 Å². The molecule has 20 heavy (non-hydrogen) atoms. The van der Waals surface area contributed by atoms with Gasteiger partial charge in [0.05, 0.1) is 5.52 Å². The predicted octanol–water partition coefficient (Wildman–Crippen LogP) is 3.85. The van der Waals surface area contributed by atoms with Crippen LogP contribution in [0.15, 0.2) is 54.7 Å². The highest BCUT2D eigenvalue weighted by atomic mass is 14.7. The zero-order valence-corrected chi connectivity index (χ0v) is 11.2. The van der Waals surface area contributed by atoms with Crippen molar-refractivity contribution in [1.29, 1.82) is 0 Å². The number of pyridine rings is 1. The van der Waals surface area contributed by atoms with Gasteiger partial charge in [0, 0.05) is 23.2 Å². The fourth-order valence-electron chi connectivity index (χ4n) is 3.18. The summed E-state index contributed by atoms with van der Waals surface area (Å²) in [4.78, 5) is 4.57. The summed E-state index contributed by atoms with van der Waals surface area (Å²) in [5, 5.41) is 1.19. The van der Waals surface area contributed by atoms with E-state index < -0.39 is 0 Å². The third kappa shape index (κ3) is 1.73. The molecule has 2 N–H and O–H groups in total. The summed E-state index contributed by atoms with van der Waals surface area (Å²) in [5.74, 6) is 0.